The molecule has 0 aromatic heterocycles. The molecule has 0 spiro atoms. The van der Waals surface area contributed by atoms with E-state index in [2.05, 4.69) is 10.6 Å². The molecule has 4 aromatic carbocycles. The molecule has 0 aliphatic carbocycles. The molecule has 2 aliphatic heterocycles. The van der Waals surface area contributed by atoms with E-state index >= 15 is 0 Å². The number of carbonyl (C=O) groups excluding carboxylic acids is 4. The van der Waals surface area contributed by atoms with Gasteiger partial charge in [-0.25, -0.2) is 10.0 Å². The van der Waals surface area contributed by atoms with E-state index in [1.165, 1.54) is 0 Å². The summed E-state index contributed by atoms with van der Waals surface area (Å²) in [5.74, 6) is -4.18. The van der Waals surface area contributed by atoms with Gasteiger partial charge in [0.1, 0.15) is 23.9 Å². The number of nitrogens with zero attached hydrogens (tertiary/aromatic N) is 2. The third-order valence-corrected chi connectivity index (χ3v) is 9.70. The molecule has 2 heterocycles. The fourth-order valence-electron chi connectivity index (χ4n) is 7.33. The van der Waals surface area contributed by atoms with Crippen LogP contribution >= 0.6 is 0 Å². The van der Waals surface area contributed by atoms with Crippen LogP contribution in [0.5, 0.6) is 0 Å². The number of hydrogen-bond acceptors (Lipinski definition) is 8. The van der Waals surface area contributed by atoms with Crippen LogP contribution < -0.4 is 10.6 Å². The number of anilines is 2. The maximum atomic E-state index is 14.8. The summed E-state index contributed by atoms with van der Waals surface area (Å²) >= 11 is 0. The minimum absolute atomic E-state index is 0.187. The third-order valence-electron chi connectivity index (χ3n) is 9.70. The molecule has 10 nitrogen and oxygen atoms in total. The fourth-order valence-corrected chi connectivity index (χ4v) is 7.33. The van der Waals surface area contributed by atoms with Crippen LogP contribution in [0.2, 0.25) is 0 Å². The smallest absolute Gasteiger partial charge is 0.313 e. The SMILES string of the molecule is CCCCOC(=O)[C@@H]1[C@H](C(=O)Nc2ccccc2)N2[C@H](c3ccccc3)[C@H](C(=O)OCCCC)[C@H](C(=O)Nc3ccccc3)N2[C@H]1c1ccccc1. The first-order chi connectivity index (χ1) is 25.4. The van der Waals surface area contributed by atoms with Gasteiger partial charge in [-0.2, -0.15) is 0 Å². The Morgan fingerprint density at radius 2 is 0.846 bits per heavy atom. The van der Waals surface area contributed by atoms with Gasteiger partial charge in [0.05, 0.1) is 25.3 Å². The maximum absolute atomic E-state index is 14.8. The molecule has 2 amide bonds. The zero-order valence-electron chi connectivity index (χ0n) is 29.6. The molecule has 0 radical (unpaired) electrons. The van der Waals surface area contributed by atoms with E-state index in [1.54, 1.807) is 34.3 Å². The Hall–Kier alpha value is -5.32. The Bertz CT molecular complexity index is 1660. The number of benzene rings is 4. The summed E-state index contributed by atoms with van der Waals surface area (Å²) in [5.41, 5.74) is 2.49. The van der Waals surface area contributed by atoms with Gasteiger partial charge in [0.2, 0.25) is 11.8 Å². The number of esters is 2. The highest BCUT2D eigenvalue weighted by Gasteiger charge is 2.68. The van der Waals surface area contributed by atoms with Crippen LogP contribution in [0.25, 0.3) is 0 Å². The highest BCUT2D eigenvalue weighted by molar-refractivity contribution is 6.01. The first-order valence-corrected chi connectivity index (χ1v) is 18.2. The number of hydrazine groups is 1. The Morgan fingerprint density at radius 1 is 0.519 bits per heavy atom. The first-order valence-electron chi connectivity index (χ1n) is 18.2. The summed E-state index contributed by atoms with van der Waals surface area (Å²) in [5, 5.41) is 9.64. The van der Waals surface area contributed by atoms with Crippen LogP contribution in [0.4, 0.5) is 11.4 Å². The summed E-state index contributed by atoms with van der Waals surface area (Å²) in [6.45, 7) is 4.39. The van der Waals surface area contributed by atoms with Crippen molar-refractivity contribution < 1.29 is 28.7 Å². The van der Waals surface area contributed by atoms with Crippen molar-refractivity contribution in [1.82, 2.24) is 10.0 Å². The number of amides is 2. The van der Waals surface area contributed by atoms with E-state index < -0.39 is 59.8 Å². The Labute approximate surface area is 305 Å². The molecule has 0 bridgehead atoms. The number of carbonyl (C=O) groups is 4. The van der Waals surface area contributed by atoms with Gasteiger partial charge >= 0.3 is 11.9 Å². The monoisotopic (exact) mass is 702 g/mol. The van der Waals surface area contributed by atoms with Crippen LogP contribution in [-0.2, 0) is 28.7 Å². The molecular formula is C42H46N4O6. The average Bonchev–Trinajstić information content (AvgIpc) is 3.70. The summed E-state index contributed by atoms with van der Waals surface area (Å²) in [6, 6.07) is 32.7. The quantitative estimate of drug-likeness (QED) is 0.107. The molecule has 4 aromatic rings. The van der Waals surface area contributed by atoms with Crippen LogP contribution in [0, 0.1) is 11.8 Å². The second-order valence-electron chi connectivity index (χ2n) is 13.2. The van der Waals surface area contributed by atoms with Crippen molar-refractivity contribution in [1.29, 1.82) is 0 Å². The van der Waals surface area contributed by atoms with Crippen molar-refractivity contribution in [3.05, 3.63) is 132 Å². The van der Waals surface area contributed by atoms with Gasteiger partial charge in [-0.3, -0.25) is 19.2 Å². The summed E-state index contributed by atoms with van der Waals surface area (Å²) < 4.78 is 11.8. The van der Waals surface area contributed by atoms with Gasteiger partial charge in [0.15, 0.2) is 0 Å². The van der Waals surface area contributed by atoms with Gasteiger partial charge in [0, 0.05) is 11.4 Å². The standard InChI is InChI=1S/C42H46N4O6/c1-3-5-27-51-41(49)33-35(29-19-11-7-12-20-29)45-38(40(48)44-32-25-17-10-18-26-32)34(42(50)52-28-6-4-2)36(30-21-13-8-14-22-30)46(45)37(33)39(47)43-31-23-15-9-16-24-31/h7-26,33-38H,3-6,27-28H2,1-2H3,(H,43,47)(H,44,48)/t33-,34-,35-,36+,37+,38+/m0/s1. The Morgan fingerprint density at radius 3 is 1.17 bits per heavy atom. The Balaban J connectivity index is 1.57. The normalized spacial score (nSPS) is 22.7. The lowest BCUT2D eigenvalue weighted by molar-refractivity contribution is -0.154. The van der Waals surface area contributed by atoms with Gasteiger partial charge in [-0.15, -0.1) is 0 Å². The number of hydrogen-bond donors (Lipinski definition) is 2. The Kier molecular flexibility index (Phi) is 12.1. The predicted molar refractivity (Wildman–Crippen MR) is 198 cm³/mol. The third kappa shape index (κ3) is 7.78. The maximum Gasteiger partial charge on any atom is 0.313 e. The van der Waals surface area contributed by atoms with E-state index in [-0.39, 0.29) is 13.2 Å². The summed E-state index contributed by atoms with van der Waals surface area (Å²) in [6.07, 6.45) is 2.94. The summed E-state index contributed by atoms with van der Waals surface area (Å²) in [7, 11) is 0. The minimum atomic E-state index is -1.18. The van der Waals surface area contributed by atoms with Crippen LogP contribution in [0.1, 0.15) is 62.7 Å². The number of fused-ring (bicyclic) bond motifs is 1. The molecule has 52 heavy (non-hydrogen) atoms. The average molecular weight is 703 g/mol. The fraction of sp³-hybridized carbons (Fsp3) is 0.333. The molecule has 2 fully saturated rings. The molecule has 10 heteroatoms. The van der Waals surface area contributed by atoms with Crippen LogP contribution in [0.3, 0.4) is 0 Å². The number of nitrogens with one attached hydrogen (secondary N) is 2. The van der Waals surface area contributed by atoms with Crippen molar-refractivity contribution >= 4 is 35.1 Å². The number of para-hydroxylation sites is 2. The van der Waals surface area contributed by atoms with Crippen molar-refractivity contribution in [2.24, 2.45) is 11.8 Å². The molecule has 2 N–H and O–H groups in total. The zero-order valence-corrected chi connectivity index (χ0v) is 29.6. The van der Waals surface area contributed by atoms with Gasteiger partial charge in [0.25, 0.3) is 0 Å². The predicted octanol–water partition coefficient (Wildman–Crippen LogP) is 6.95. The topological polar surface area (TPSA) is 117 Å². The number of unbranched alkanes of at least 4 members (excludes halogenated alkanes) is 2. The molecular weight excluding hydrogens is 656 g/mol. The molecule has 6 atom stereocenters. The van der Waals surface area contributed by atoms with Gasteiger partial charge in [-0.1, -0.05) is 124 Å². The second-order valence-corrected chi connectivity index (χ2v) is 13.2. The van der Waals surface area contributed by atoms with E-state index in [9.17, 15) is 19.2 Å². The van der Waals surface area contributed by atoms with E-state index in [0.29, 0.717) is 35.3 Å². The largest absolute Gasteiger partial charge is 0.465 e. The van der Waals surface area contributed by atoms with Crippen molar-refractivity contribution in [3.8, 4) is 0 Å². The highest BCUT2D eigenvalue weighted by atomic mass is 16.5. The lowest BCUT2D eigenvalue weighted by atomic mass is 9.82. The van der Waals surface area contributed by atoms with Gasteiger partial charge < -0.3 is 20.1 Å². The molecule has 2 aliphatic rings. The zero-order chi connectivity index (χ0) is 36.5. The molecule has 0 unspecified atom stereocenters. The van der Waals surface area contributed by atoms with E-state index in [0.717, 1.165) is 12.8 Å². The molecule has 2 saturated heterocycles. The first kappa shape index (κ1) is 36.5. The molecule has 6 rings (SSSR count). The summed E-state index contributed by atoms with van der Waals surface area (Å²) in [4.78, 5) is 58.5. The minimum Gasteiger partial charge on any atom is -0.465 e. The molecule has 0 saturated carbocycles. The number of rotatable bonds is 14. The number of ether oxygens (including phenoxy) is 2. The van der Waals surface area contributed by atoms with Crippen LogP contribution in [-0.4, -0.2) is 59.1 Å². The van der Waals surface area contributed by atoms with Crippen molar-refractivity contribution in [3.63, 3.8) is 0 Å². The second kappa shape index (κ2) is 17.3. The lowest BCUT2D eigenvalue weighted by Crippen LogP contribution is -2.49. The van der Waals surface area contributed by atoms with Crippen molar-refractivity contribution in [2.75, 3.05) is 23.8 Å². The molecule has 270 valence electrons. The van der Waals surface area contributed by atoms with Gasteiger partial charge in [-0.05, 0) is 48.2 Å². The van der Waals surface area contributed by atoms with E-state index in [4.69, 9.17) is 9.47 Å². The van der Waals surface area contributed by atoms with E-state index in [1.807, 2.05) is 111 Å². The van der Waals surface area contributed by atoms with Crippen LogP contribution in [0.15, 0.2) is 121 Å². The highest BCUT2D eigenvalue weighted by Crippen LogP contribution is 2.56. The lowest BCUT2D eigenvalue weighted by Gasteiger charge is -2.33. The van der Waals surface area contributed by atoms with Crippen molar-refractivity contribution in [2.45, 2.75) is 63.7 Å².